The summed E-state index contributed by atoms with van der Waals surface area (Å²) in [5, 5.41) is 36.3. The second kappa shape index (κ2) is 10.1. The molecule has 2 aliphatic rings. The molecule has 0 aliphatic carbocycles. The van der Waals surface area contributed by atoms with Gasteiger partial charge in [0.05, 0.1) is 24.6 Å². The Labute approximate surface area is 126 Å². The van der Waals surface area contributed by atoms with Crippen molar-refractivity contribution in [2.75, 3.05) is 13.2 Å². The molecule has 2 rings (SSSR count). The predicted molar refractivity (Wildman–Crippen MR) is 78.7 cm³/mol. The topological polar surface area (TPSA) is 131 Å². The molecule has 6 N–H and O–H groups in total. The van der Waals surface area contributed by atoms with E-state index < -0.39 is 24.4 Å². The summed E-state index contributed by atoms with van der Waals surface area (Å²) in [5.41, 5.74) is 0. The van der Waals surface area contributed by atoms with Crippen LogP contribution in [-0.4, -0.2) is 69.6 Å². The Bertz CT molecular complexity index is 294. The van der Waals surface area contributed by atoms with Gasteiger partial charge >= 0.3 is 0 Å². The quantitative estimate of drug-likeness (QED) is 0.464. The molecule has 2 aliphatic heterocycles. The van der Waals surface area contributed by atoms with Gasteiger partial charge in [0.25, 0.3) is 0 Å². The molecule has 0 aromatic heterocycles. The highest BCUT2D eigenvalue weighted by molar-refractivity contribution is 5.00. The number of hydrogen-bond donors (Lipinski definition) is 4. The van der Waals surface area contributed by atoms with Crippen molar-refractivity contribution in [3.05, 3.63) is 11.8 Å². The van der Waals surface area contributed by atoms with Crippen molar-refractivity contribution in [2.45, 2.75) is 58.7 Å². The maximum Gasteiger partial charge on any atom is 0.117 e. The minimum atomic E-state index is -0.756. The van der Waals surface area contributed by atoms with Crippen LogP contribution in [0, 0.1) is 5.92 Å². The highest BCUT2D eigenvalue weighted by Gasteiger charge is 2.33. The molecule has 7 heteroatoms. The Hall–Kier alpha value is -0.700. The molecule has 0 amide bonds. The number of rotatable bonds is 0. The van der Waals surface area contributed by atoms with Crippen LogP contribution < -0.4 is 0 Å². The van der Waals surface area contributed by atoms with E-state index in [9.17, 15) is 10.2 Å². The van der Waals surface area contributed by atoms with Crippen molar-refractivity contribution in [3.63, 3.8) is 0 Å². The average Bonchev–Trinajstić information content (AvgIpc) is 2.37. The number of hydrogen-bond acceptors (Lipinski definition) is 6. The molecular weight excluding hydrogens is 280 g/mol. The fourth-order valence-corrected chi connectivity index (χ4v) is 1.83. The molecule has 7 nitrogen and oxygen atoms in total. The Morgan fingerprint density at radius 1 is 1.05 bits per heavy atom. The standard InChI is InChI=1S/C7H14O3.C6H10O3.CH4.H2O/c1-4-3-10-5(2)7(9)6(4)8;1-4-2-5(7)6(8)3-9-4;;/h4-9H,3H2,1-2H3;2,5-8H,3H2,1H3;1H4;1H2/t4?,5?,6-,7+;5-,6?;;/m01../s1. The molecule has 0 aromatic rings. The smallest absolute Gasteiger partial charge is 0.117 e. The molecule has 3 unspecified atom stereocenters. The van der Waals surface area contributed by atoms with Crippen LogP contribution in [0.5, 0.6) is 0 Å². The first-order valence-electron chi connectivity index (χ1n) is 6.48. The van der Waals surface area contributed by atoms with Gasteiger partial charge in [-0.25, -0.2) is 0 Å². The van der Waals surface area contributed by atoms with Gasteiger partial charge in [-0.1, -0.05) is 14.4 Å². The lowest BCUT2D eigenvalue weighted by atomic mass is 9.95. The van der Waals surface area contributed by atoms with E-state index in [0.717, 1.165) is 0 Å². The van der Waals surface area contributed by atoms with Crippen LogP contribution in [0.15, 0.2) is 11.8 Å². The lowest BCUT2D eigenvalue weighted by molar-refractivity contribution is -0.153. The Kier molecular flexibility index (Phi) is 10.9. The van der Waals surface area contributed by atoms with Gasteiger partial charge in [-0.2, -0.15) is 0 Å². The van der Waals surface area contributed by atoms with Crippen LogP contribution in [0.2, 0.25) is 0 Å². The molecular formula is C14H30O7. The average molecular weight is 310 g/mol. The summed E-state index contributed by atoms with van der Waals surface area (Å²) in [4.78, 5) is 0. The summed E-state index contributed by atoms with van der Waals surface area (Å²) < 4.78 is 10.1. The van der Waals surface area contributed by atoms with Gasteiger partial charge in [0.2, 0.25) is 0 Å². The first-order valence-corrected chi connectivity index (χ1v) is 6.48. The molecule has 0 bridgehead atoms. The van der Waals surface area contributed by atoms with E-state index in [4.69, 9.17) is 19.7 Å². The highest BCUT2D eigenvalue weighted by Crippen LogP contribution is 2.19. The molecule has 6 atom stereocenters. The molecule has 0 aromatic carbocycles. The zero-order chi connectivity index (χ0) is 14.6. The SMILES string of the molecule is C.CC1=C[C@@H](O)C(O)CO1.CC1OCC(C)[C@H](O)[C@@H]1O.O. The second-order valence-electron chi connectivity index (χ2n) is 5.14. The van der Waals surface area contributed by atoms with Crippen molar-refractivity contribution in [1.82, 2.24) is 0 Å². The third kappa shape index (κ3) is 6.73. The minimum absolute atomic E-state index is 0. The summed E-state index contributed by atoms with van der Waals surface area (Å²) in [6.07, 6.45) is -1.58. The van der Waals surface area contributed by atoms with Crippen molar-refractivity contribution in [3.8, 4) is 0 Å². The van der Waals surface area contributed by atoms with E-state index in [2.05, 4.69) is 0 Å². The Balaban J connectivity index is 0. The Morgan fingerprint density at radius 3 is 2.05 bits per heavy atom. The summed E-state index contributed by atoms with van der Waals surface area (Å²) in [5.74, 6) is 0.721. The molecule has 0 spiro atoms. The lowest BCUT2D eigenvalue weighted by Gasteiger charge is -2.34. The van der Waals surface area contributed by atoms with Crippen LogP contribution in [0.3, 0.4) is 0 Å². The molecule has 0 saturated carbocycles. The minimum Gasteiger partial charge on any atom is -0.496 e. The number of allylic oxidation sites excluding steroid dienone is 1. The fourth-order valence-electron chi connectivity index (χ4n) is 1.83. The van der Waals surface area contributed by atoms with Gasteiger partial charge in [-0.3, -0.25) is 0 Å². The second-order valence-corrected chi connectivity index (χ2v) is 5.14. The number of ether oxygens (including phenoxy) is 2. The van der Waals surface area contributed by atoms with Crippen molar-refractivity contribution >= 4 is 0 Å². The van der Waals surface area contributed by atoms with Crippen molar-refractivity contribution in [1.29, 1.82) is 0 Å². The predicted octanol–water partition coefficient (Wildman–Crippen LogP) is -0.783. The lowest BCUT2D eigenvalue weighted by Crippen LogP contribution is -2.47. The number of aliphatic hydroxyl groups is 4. The zero-order valence-corrected chi connectivity index (χ0v) is 12.1. The van der Waals surface area contributed by atoms with E-state index in [0.29, 0.717) is 12.4 Å². The largest absolute Gasteiger partial charge is 0.496 e. The first kappa shape index (κ1) is 22.6. The third-order valence-electron chi connectivity index (χ3n) is 3.32. The molecule has 1 fully saturated rings. The third-order valence-corrected chi connectivity index (χ3v) is 3.32. The van der Waals surface area contributed by atoms with Gasteiger partial charge in [0.15, 0.2) is 0 Å². The van der Waals surface area contributed by atoms with Gasteiger partial charge in [0, 0.05) is 5.92 Å². The summed E-state index contributed by atoms with van der Waals surface area (Å²) in [7, 11) is 0. The molecule has 21 heavy (non-hydrogen) atoms. The summed E-state index contributed by atoms with van der Waals surface area (Å²) >= 11 is 0. The first-order chi connectivity index (χ1) is 8.82. The van der Waals surface area contributed by atoms with Gasteiger partial charge in [-0.15, -0.1) is 0 Å². The highest BCUT2D eigenvalue weighted by atomic mass is 16.5. The van der Waals surface area contributed by atoms with E-state index in [1.807, 2.05) is 6.92 Å². The fraction of sp³-hybridized carbons (Fsp3) is 0.857. The van der Waals surface area contributed by atoms with Gasteiger partial charge in [0.1, 0.15) is 24.9 Å². The maximum absolute atomic E-state index is 9.29. The summed E-state index contributed by atoms with van der Waals surface area (Å²) in [6.45, 7) is 6.11. The van der Waals surface area contributed by atoms with E-state index in [1.54, 1.807) is 13.8 Å². The van der Waals surface area contributed by atoms with Crippen LogP contribution in [0.25, 0.3) is 0 Å². The van der Waals surface area contributed by atoms with E-state index in [1.165, 1.54) is 6.08 Å². The van der Waals surface area contributed by atoms with Gasteiger partial charge in [-0.05, 0) is 19.9 Å². The molecule has 2 heterocycles. The van der Waals surface area contributed by atoms with E-state index >= 15 is 0 Å². The Morgan fingerprint density at radius 2 is 1.62 bits per heavy atom. The van der Waals surface area contributed by atoms with Crippen LogP contribution >= 0.6 is 0 Å². The van der Waals surface area contributed by atoms with Crippen molar-refractivity contribution < 1.29 is 35.4 Å². The normalized spacial score (nSPS) is 38.5. The van der Waals surface area contributed by atoms with Crippen LogP contribution in [-0.2, 0) is 9.47 Å². The van der Waals surface area contributed by atoms with Crippen molar-refractivity contribution in [2.24, 2.45) is 5.92 Å². The van der Waals surface area contributed by atoms with Crippen LogP contribution in [0.1, 0.15) is 28.2 Å². The zero-order valence-electron chi connectivity index (χ0n) is 12.1. The van der Waals surface area contributed by atoms with Crippen LogP contribution in [0.4, 0.5) is 0 Å². The maximum atomic E-state index is 9.29. The number of aliphatic hydroxyl groups excluding tert-OH is 4. The van der Waals surface area contributed by atoms with E-state index in [-0.39, 0.29) is 31.5 Å². The van der Waals surface area contributed by atoms with Gasteiger partial charge < -0.3 is 35.4 Å². The molecule has 1 saturated heterocycles. The monoisotopic (exact) mass is 310 g/mol. The molecule has 0 radical (unpaired) electrons. The molecule has 128 valence electrons. The summed E-state index contributed by atoms with van der Waals surface area (Å²) in [6, 6.07) is 0.